The Balaban J connectivity index is 2.21. The van der Waals surface area contributed by atoms with E-state index in [-0.39, 0.29) is 12.0 Å². The van der Waals surface area contributed by atoms with Gasteiger partial charge in [-0.3, -0.25) is 0 Å². The van der Waals surface area contributed by atoms with Crippen LogP contribution in [0.1, 0.15) is 36.3 Å². The maximum absolute atomic E-state index is 10.3. The Morgan fingerprint density at radius 3 is 2.72 bits per heavy atom. The average molecular weight is 249 g/mol. The molecule has 1 saturated carbocycles. The van der Waals surface area contributed by atoms with Crippen molar-refractivity contribution in [2.24, 2.45) is 11.7 Å². The first-order chi connectivity index (χ1) is 8.65. The standard InChI is InChI=1S/C15H23NO2/c1-10-3-6-15(18-2)12(7-10)13(9-16)14(17)8-11-4-5-11/h3,6-7,11,13-14,17H,4-5,8-9,16H2,1-2H3. The highest BCUT2D eigenvalue weighted by Gasteiger charge is 2.30. The Morgan fingerprint density at radius 1 is 1.44 bits per heavy atom. The summed E-state index contributed by atoms with van der Waals surface area (Å²) in [7, 11) is 1.66. The second-order valence-electron chi connectivity index (χ2n) is 5.33. The summed E-state index contributed by atoms with van der Waals surface area (Å²) in [5.74, 6) is 1.50. The molecular weight excluding hydrogens is 226 g/mol. The maximum atomic E-state index is 10.3. The van der Waals surface area contributed by atoms with Crippen LogP contribution < -0.4 is 10.5 Å². The van der Waals surface area contributed by atoms with Crippen molar-refractivity contribution in [3.05, 3.63) is 29.3 Å². The SMILES string of the molecule is COc1ccc(C)cc1C(CN)C(O)CC1CC1. The quantitative estimate of drug-likeness (QED) is 0.812. The molecule has 0 saturated heterocycles. The summed E-state index contributed by atoms with van der Waals surface area (Å²) in [6.07, 6.45) is 3.00. The lowest BCUT2D eigenvalue weighted by Crippen LogP contribution is -2.27. The molecule has 1 aliphatic rings. The summed E-state index contributed by atoms with van der Waals surface area (Å²) in [4.78, 5) is 0. The van der Waals surface area contributed by atoms with Gasteiger partial charge in [-0.05, 0) is 25.3 Å². The van der Waals surface area contributed by atoms with E-state index in [9.17, 15) is 5.11 Å². The minimum Gasteiger partial charge on any atom is -0.496 e. The molecule has 2 rings (SSSR count). The predicted octanol–water partition coefficient (Wildman–Crippen LogP) is 2.21. The zero-order valence-electron chi connectivity index (χ0n) is 11.2. The second-order valence-corrected chi connectivity index (χ2v) is 5.33. The number of nitrogens with two attached hydrogens (primary N) is 1. The number of methoxy groups -OCH3 is 1. The van der Waals surface area contributed by atoms with Crippen molar-refractivity contribution in [1.29, 1.82) is 0 Å². The number of ether oxygens (including phenoxy) is 1. The van der Waals surface area contributed by atoms with E-state index in [0.717, 1.165) is 17.7 Å². The van der Waals surface area contributed by atoms with Gasteiger partial charge >= 0.3 is 0 Å². The van der Waals surface area contributed by atoms with Gasteiger partial charge in [0.05, 0.1) is 13.2 Å². The van der Waals surface area contributed by atoms with E-state index in [1.54, 1.807) is 7.11 Å². The fourth-order valence-electron chi connectivity index (χ4n) is 2.49. The van der Waals surface area contributed by atoms with Crippen LogP contribution in [0.4, 0.5) is 0 Å². The number of aliphatic hydroxyl groups is 1. The molecule has 1 aromatic rings. The largest absolute Gasteiger partial charge is 0.496 e. The van der Waals surface area contributed by atoms with Gasteiger partial charge in [0.25, 0.3) is 0 Å². The Kier molecular flexibility index (Phi) is 4.25. The number of hydrogen-bond acceptors (Lipinski definition) is 3. The van der Waals surface area contributed by atoms with Crippen molar-refractivity contribution < 1.29 is 9.84 Å². The van der Waals surface area contributed by atoms with E-state index in [0.29, 0.717) is 12.5 Å². The highest BCUT2D eigenvalue weighted by atomic mass is 16.5. The van der Waals surface area contributed by atoms with Crippen LogP contribution in [0.25, 0.3) is 0 Å². The molecule has 0 aromatic heterocycles. The molecule has 0 bridgehead atoms. The molecule has 3 nitrogen and oxygen atoms in total. The van der Waals surface area contributed by atoms with Crippen molar-refractivity contribution >= 4 is 0 Å². The van der Waals surface area contributed by atoms with E-state index in [1.807, 2.05) is 19.1 Å². The van der Waals surface area contributed by atoms with Crippen LogP contribution in [-0.4, -0.2) is 24.9 Å². The van der Waals surface area contributed by atoms with E-state index in [1.165, 1.54) is 18.4 Å². The van der Waals surface area contributed by atoms with Crippen LogP contribution in [-0.2, 0) is 0 Å². The fraction of sp³-hybridized carbons (Fsp3) is 0.600. The summed E-state index contributed by atoms with van der Waals surface area (Å²) >= 11 is 0. The summed E-state index contributed by atoms with van der Waals surface area (Å²) in [6.45, 7) is 2.50. The average Bonchev–Trinajstić information content (AvgIpc) is 3.14. The summed E-state index contributed by atoms with van der Waals surface area (Å²) in [5.41, 5.74) is 8.06. The third kappa shape index (κ3) is 3.03. The van der Waals surface area contributed by atoms with Gasteiger partial charge in [-0.15, -0.1) is 0 Å². The van der Waals surface area contributed by atoms with Crippen LogP contribution in [0, 0.1) is 12.8 Å². The molecule has 1 aliphatic carbocycles. The van der Waals surface area contributed by atoms with Gasteiger partial charge in [0.2, 0.25) is 0 Å². The molecule has 2 atom stereocenters. The number of hydrogen-bond donors (Lipinski definition) is 2. The number of benzene rings is 1. The summed E-state index contributed by atoms with van der Waals surface area (Å²) < 4.78 is 5.39. The Bertz CT molecular complexity index is 401. The zero-order valence-corrected chi connectivity index (χ0v) is 11.2. The third-order valence-electron chi connectivity index (χ3n) is 3.77. The first-order valence-corrected chi connectivity index (χ1v) is 6.68. The van der Waals surface area contributed by atoms with Crippen molar-refractivity contribution in [2.45, 2.75) is 38.2 Å². The lowest BCUT2D eigenvalue weighted by molar-refractivity contribution is 0.128. The number of rotatable bonds is 6. The molecule has 18 heavy (non-hydrogen) atoms. The van der Waals surface area contributed by atoms with Crippen LogP contribution in [0.3, 0.4) is 0 Å². The van der Waals surface area contributed by atoms with Crippen LogP contribution in [0.2, 0.25) is 0 Å². The topological polar surface area (TPSA) is 55.5 Å². The molecule has 100 valence electrons. The smallest absolute Gasteiger partial charge is 0.122 e. The maximum Gasteiger partial charge on any atom is 0.122 e. The number of aryl methyl sites for hydroxylation is 1. The highest BCUT2D eigenvalue weighted by molar-refractivity contribution is 5.40. The van der Waals surface area contributed by atoms with Crippen LogP contribution >= 0.6 is 0 Å². The van der Waals surface area contributed by atoms with Gasteiger partial charge < -0.3 is 15.6 Å². The van der Waals surface area contributed by atoms with Crippen molar-refractivity contribution in [2.75, 3.05) is 13.7 Å². The highest BCUT2D eigenvalue weighted by Crippen LogP contribution is 2.38. The first kappa shape index (κ1) is 13.4. The third-order valence-corrected chi connectivity index (χ3v) is 3.77. The molecule has 1 aromatic carbocycles. The van der Waals surface area contributed by atoms with Gasteiger partial charge in [-0.2, -0.15) is 0 Å². The monoisotopic (exact) mass is 249 g/mol. The molecule has 0 aliphatic heterocycles. The lowest BCUT2D eigenvalue weighted by atomic mass is 9.89. The van der Waals surface area contributed by atoms with E-state index < -0.39 is 0 Å². The van der Waals surface area contributed by atoms with Gasteiger partial charge in [-0.1, -0.05) is 30.5 Å². The molecular formula is C15H23NO2. The normalized spacial score (nSPS) is 18.4. The lowest BCUT2D eigenvalue weighted by Gasteiger charge is -2.24. The Labute approximate surface area is 109 Å². The van der Waals surface area contributed by atoms with Crippen molar-refractivity contribution in [3.8, 4) is 5.75 Å². The molecule has 0 amide bonds. The zero-order chi connectivity index (χ0) is 13.1. The molecule has 2 unspecified atom stereocenters. The van der Waals surface area contributed by atoms with Crippen LogP contribution in [0.5, 0.6) is 5.75 Å². The second kappa shape index (κ2) is 5.72. The van der Waals surface area contributed by atoms with Crippen molar-refractivity contribution in [1.82, 2.24) is 0 Å². The van der Waals surface area contributed by atoms with Gasteiger partial charge in [0.15, 0.2) is 0 Å². The minimum atomic E-state index is -0.363. The molecule has 3 heteroatoms. The Hall–Kier alpha value is -1.06. The first-order valence-electron chi connectivity index (χ1n) is 6.68. The fourth-order valence-corrected chi connectivity index (χ4v) is 2.49. The molecule has 1 fully saturated rings. The minimum absolute atomic E-state index is 0.0274. The van der Waals surface area contributed by atoms with Gasteiger partial charge in [0, 0.05) is 18.0 Å². The molecule has 3 N–H and O–H groups in total. The van der Waals surface area contributed by atoms with Gasteiger partial charge in [-0.25, -0.2) is 0 Å². The number of aliphatic hydroxyl groups excluding tert-OH is 1. The summed E-state index contributed by atoms with van der Waals surface area (Å²) in [5, 5.41) is 10.3. The van der Waals surface area contributed by atoms with E-state index >= 15 is 0 Å². The molecule has 0 heterocycles. The van der Waals surface area contributed by atoms with E-state index in [4.69, 9.17) is 10.5 Å². The predicted molar refractivity (Wildman–Crippen MR) is 72.9 cm³/mol. The van der Waals surface area contributed by atoms with Crippen LogP contribution in [0.15, 0.2) is 18.2 Å². The van der Waals surface area contributed by atoms with Gasteiger partial charge in [0.1, 0.15) is 5.75 Å². The molecule has 0 spiro atoms. The Morgan fingerprint density at radius 2 is 2.17 bits per heavy atom. The summed E-state index contributed by atoms with van der Waals surface area (Å²) in [6, 6.07) is 6.05. The van der Waals surface area contributed by atoms with Crippen molar-refractivity contribution in [3.63, 3.8) is 0 Å². The molecule has 0 radical (unpaired) electrons. The van der Waals surface area contributed by atoms with E-state index in [2.05, 4.69) is 6.07 Å².